The molecule has 0 radical (unpaired) electrons. The van der Waals surface area contributed by atoms with Gasteiger partial charge in [-0.05, 0) is 24.6 Å². The van der Waals surface area contributed by atoms with E-state index in [-0.39, 0.29) is 11.8 Å². The van der Waals surface area contributed by atoms with E-state index >= 15 is 0 Å². The summed E-state index contributed by atoms with van der Waals surface area (Å²) >= 11 is 6.06. The summed E-state index contributed by atoms with van der Waals surface area (Å²) in [6.07, 6.45) is 1.91. The minimum atomic E-state index is -0.0368. The monoisotopic (exact) mass is 337 g/mol. The van der Waals surface area contributed by atoms with Crippen LogP contribution in [-0.2, 0) is 9.59 Å². The molecule has 23 heavy (non-hydrogen) atoms. The van der Waals surface area contributed by atoms with Gasteiger partial charge in [0.15, 0.2) is 0 Å². The number of hydrogen-bond acceptors (Lipinski definition) is 3. The van der Waals surface area contributed by atoms with Crippen LogP contribution in [0.25, 0.3) is 0 Å². The number of rotatable bonds is 5. The van der Waals surface area contributed by atoms with Gasteiger partial charge >= 0.3 is 0 Å². The molecule has 1 aromatic rings. The maximum Gasteiger partial charge on any atom is 0.224 e. The van der Waals surface area contributed by atoms with Crippen LogP contribution in [0.1, 0.15) is 33.1 Å². The van der Waals surface area contributed by atoms with Crippen molar-refractivity contribution in [3.8, 4) is 0 Å². The standard InChI is InChI=1S/C17H24ClN3O2/c1-3-5-17(23)21-10-8-20(9-11-21)15-7-6-13(18)12-14(15)19-16(22)4-2/h6-7,12H,3-5,8-11H2,1-2H3,(H,19,22). The number of nitrogens with one attached hydrogen (secondary N) is 1. The van der Waals surface area contributed by atoms with Crippen LogP contribution >= 0.6 is 11.6 Å². The number of nitrogens with zero attached hydrogens (tertiary/aromatic N) is 2. The fourth-order valence-electron chi connectivity index (χ4n) is 2.69. The van der Waals surface area contributed by atoms with E-state index < -0.39 is 0 Å². The molecule has 126 valence electrons. The van der Waals surface area contributed by atoms with Crippen molar-refractivity contribution >= 4 is 34.8 Å². The van der Waals surface area contributed by atoms with E-state index in [0.717, 1.165) is 30.9 Å². The summed E-state index contributed by atoms with van der Waals surface area (Å²) in [4.78, 5) is 27.8. The molecule has 0 bridgehead atoms. The lowest BCUT2D eigenvalue weighted by Crippen LogP contribution is -2.48. The Balaban J connectivity index is 2.08. The molecular formula is C17H24ClN3O2. The van der Waals surface area contributed by atoms with Crippen LogP contribution in [0.15, 0.2) is 18.2 Å². The van der Waals surface area contributed by atoms with Gasteiger partial charge in [-0.1, -0.05) is 25.4 Å². The number of anilines is 2. The molecule has 0 spiro atoms. The number of halogens is 1. The summed E-state index contributed by atoms with van der Waals surface area (Å²) < 4.78 is 0. The number of hydrogen-bond donors (Lipinski definition) is 1. The molecule has 0 atom stereocenters. The van der Waals surface area contributed by atoms with Gasteiger partial charge in [-0.15, -0.1) is 0 Å². The Morgan fingerprint density at radius 2 is 1.87 bits per heavy atom. The van der Waals surface area contributed by atoms with E-state index in [4.69, 9.17) is 11.6 Å². The Bertz CT molecular complexity index is 569. The highest BCUT2D eigenvalue weighted by molar-refractivity contribution is 6.31. The van der Waals surface area contributed by atoms with Gasteiger partial charge < -0.3 is 15.1 Å². The molecular weight excluding hydrogens is 314 g/mol. The van der Waals surface area contributed by atoms with Gasteiger partial charge in [0.1, 0.15) is 0 Å². The van der Waals surface area contributed by atoms with Crippen molar-refractivity contribution in [1.29, 1.82) is 0 Å². The summed E-state index contributed by atoms with van der Waals surface area (Å²) in [5.74, 6) is 0.188. The average molecular weight is 338 g/mol. The summed E-state index contributed by atoms with van der Waals surface area (Å²) in [5, 5.41) is 3.50. The number of carbonyl (C=O) groups excluding carboxylic acids is 2. The molecule has 0 unspecified atom stereocenters. The summed E-state index contributed by atoms with van der Waals surface area (Å²) in [5.41, 5.74) is 1.69. The molecule has 2 rings (SSSR count). The van der Waals surface area contributed by atoms with Gasteiger partial charge in [0, 0.05) is 44.0 Å². The largest absolute Gasteiger partial charge is 0.366 e. The SMILES string of the molecule is CCCC(=O)N1CCN(c2ccc(Cl)cc2NC(=O)CC)CC1. The zero-order valence-electron chi connectivity index (χ0n) is 13.8. The van der Waals surface area contributed by atoms with Crippen LogP contribution in [0.3, 0.4) is 0 Å². The van der Waals surface area contributed by atoms with Crippen LogP contribution in [0.2, 0.25) is 5.02 Å². The fourth-order valence-corrected chi connectivity index (χ4v) is 2.86. The fraction of sp³-hybridized carbons (Fsp3) is 0.529. The molecule has 6 heteroatoms. The van der Waals surface area contributed by atoms with Gasteiger partial charge in [-0.2, -0.15) is 0 Å². The van der Waals surface area contributed by atoms with Crippen LogP contribution in [0, 0.1) is 0 Å². The van der Waals surface area contributed by atoms with Crippen molar-refractivity contribution in [3.63, 3.8) is 0 Å². The average Bonchev–Trinajstić information content (AvgIpc) is 2.55. The first-order chi connectivity index (χ1) is 11.0. The van der Waals surface area contributed by atoms with E-state index in [1.807, 2.05) is 30.9 Å². The van der Waals surface area contributed by atoms with E-state index in [2.05, 4.69) is 10.2 Å². The lowest BCUT2D eigenvalue weighted by molar-refractivity contribution is -0.131. The normalized spacial score (nSPS) is 14.7. The first-order valence-electron chi connectivity index (χ1n) is 8.17. The van der Waals surface area contributed by atoms with E-state index in [1.165, 1.54) is 0 Å². The Morgan fingerprint density at radius 1 is 1.17 bits per heavy atom. The molecule has 1 aliphatic heterocycles. The molecule has 1 aromatic carbocycles. The number of piperazine rings is 1. The molecule has 5 nitrogen and oxygen atoms in total. The topological polar surface area (TPSA) is 52.7 Å². The summed E-state index contributed by atoms with van der Waals surface area (Å²) in [6.45, 7) is 6.77. The molecule has 1 saturated heterocycles. The van der Waals surface area contributed by atoms with Crippen LogP contribution < -0.4 is 10.2 Å². The maximum absolute atomic E-state index is 12.0. The van der Waals surface area contributed by atoms with Crippen molar-refractivity contribution < 1.29 is 9.59 Å². The highest BCUT2D eigenvalue weighted by Gasteiger charge is 2.22. The van der Waals surface area contributed by atoms with Crippen molar-refractivity contribution in [2.75, 3.05) is 36.4 Å². The third-order valence-electron chi connectivity index (χ3n) is 3.99. The zero-order valence-corrected chi connectivity index (χ0v) is 14.5. The second-order valence-corrected chi connectivity index (χ2v) is 6.12. The second-order valence-electron chi connectivity index (χ2n) is 5.68. The van der Waals surface area contributed by atoms with Crippen LogP contribution in [0.4, 0.5) is 11.4 Å². The van der Waals surface area contributed by atoms with Gasteiger partial charge in [0.2, 0.25) is 11.8 Å². The van der Waals surface area contributed by atoms with Crippen molar-refractivity contribution in [2.45, 2.75) is 33.1 Å². The molecule has 1 heterocycles. The van der Waals surface area contributed by atoms with E-state index in [9.17, 15) is 9.59 Å². The van der Waals surface area contributed by atoms with Crippen LogP contribution in [0.5, 0.6) is 0 Å². The Hall–Kier alpha value is -1.75. The minimum absolute atomic E-state index is 0.0368. The first kappa shape index (κ1) is 17.6. The number of carbonyl (C=O) groups is 2. The molecule has 1 N–H and O–H groups in total. The third-order valence-corrected chi connectivity index (χ3v) is 4.23. The third kappa shape index (κ3) is 4.61. The summed E-state index contributed by atoms with van der Waals surface area (Å²) in [7, 11) is 0. The Morgan fingerprint density at radius 3 is 2.48 bits per heavy atom. The zero-order chi connectivity index (χ0) is 16.8. The van der Waals surface area contributed by atoms with Gasteiger partial charge in [-0.25, -0.2) is 0 Å². The minimum Gasteiger partial charge on any atom is -0.366 e. The first-order valence-corrected chi connectivity index (χ1v) is 8.55. The Labute approximate surface area is 142 Å². The molecule has 2 amide bonds. The van der Waals surface area contributed by atoms with Gasteiger partial charge in [-0.3, -0.25) is 9.59 Å². The number of amides is 2. The molecule has 0 aliphatic carbocycles. The van der Waals surface area contributed by atoms with Gasteiger partial charge in [0.25, 0.3) is 0 Å². The second kappa shape index (κ2) is 8.20. The predicted octanol–water partition coefficient (Wildman–Crippen LogP) is 3.14. The number of benzene rings is 1. The maximum atomic E-state index is 12.0. The Kier molecular flexibility index (Phi) is 6.28. The highest BCUT2D eigenvalue weighted by atomic mass is 35.5. The van der Waals surface area contributed by atoms with Gasteiger partial charge in [0.05, 0.1) is 11.4 Å². The quantitative estimate of drug-likeness (QED) is 0.898. The predicted molar refractivity (Wildman–Crippen MR) is 94.1 cm³/mol. The molecule has 0 aromatic heterocycles. The highest BCUT2D eigenvalue weighted by Crippen LogP contribution is 2.30. The van der Waals surface area contributed by atoms with Crippen molar-refractivity contribution in [2.24, 2.45) is 0 Å². The molecule has 1 aliphatic rings. The van der Waals surface area contributed by atoms with E-state index in [1.54, 1.807) is 6.07 Å². The lowest BCUT2D eigenvalue weighted by atomic mass is 10.2. The van der Waals surface area contributed by atoms with Crippen LogP contribution in [-0.4, -0.2) is 42.9 Å². The molecule has 1 fully saturated rings. The summed E-state index contributed by atoms with van der Waals surface area (Å²) in [6, 6.07) is 5.53. The van der Waals surface area contributed by atoms with E-state index in [0.29, 0.717) is 31.0 Å². The smallest absolute Gasteiger partial charge is 0.224 e. The van der Waals surface area contributed by atoms with Crippen molar-refractivity contribution in [1.82, 2.24) is 4.90 Å². The lowest BCUT2D eigenvalue weighted by Gasteiger charge is -2.37. The molecule has 0 saturated carbocycles. The van der Waals surface area contributed by atoms with Crippen molar-refractivity contribution in [3.05, 3.63) is 23.2 Å².